The molecule has 1 N–H and O–H groups in total. The van der Waals surface area contributed by atoms with Crippen LogP contribution in [0.25, 0.3) is 0 Å². The fourth-order valence-electron chi connectivity index (χ4n) is 1.29. The second-order valence-corrected chi connectivity index (χ2v) is 3.03. The van der Waals surface area contributed by atoms with E-state index in [2.05, 4.69) is 5.10 Å². The van der Waals surface area contributed by atoms with Crippen molar-refractivity contribution in [3.63, 3.8) is 0 Å². The van der Waals surface area contributed by atoms with E-state index < -0.39 is 17.6 Å². The standard InChI is InChI=1S/C7H11N3O4/c1-9-6(11)8-10(7(9)12)5-4-13-2-3-14-5/h5H,2-4H2,1H3,(H,8,11). The van der Waals surface area contributed by atoms with Gasteiger partial charge in [0.2, 0.25) is 0 Å². The third kappa shape index (κ3) is 1.40. The first-order valence-electron chi connectivity index (χ1n) is 4.27. The Morgan fingerprint density at radius 2 is 2.21 bits per heavy atom. The molecule has 1 aromatic heterocycles. The van der Waals surface area contributed by atoms with Crippen molar-refractivity contribution in [1.82, 2.24) is 14.3 Å². The van der Waals surface area contributed by atoms with Crippen LogP contribution in [0.15, 0.2) is 9.59 Å². The molecular formula is C7H11N3O4. The quantitative estimate of drug-likeness (QED) is 0.594. The van der Waals surface area contributed by atoms with E-state index in [4.69, 9.17) is 9.47 Å². The van der Waals surface area contributed by atoms with Gasteiger partial charge in [-0.25, -0.2) is 23.9 Å². The van der Waals surface area contributed by atoms with Gasteiger partial charge in [0.25, 0.3) is 0 Å². The molecular weight excluding hydrogens is 190 g/mol. The summed E-state index contributed by atoms with van der Waals surface area (Å²) in [5.41, 5.74) is -0.880. The van der Waals surface area contributed by atoms with Gasteiger partial charge in [-0.1, -0.05) is 0 Å². The van der Waals surface area contributed by atoms with Crippen molar-refractivity contribution in [2.75, 3.05) is 19.8 Å². The Labute approximate surface area is 78.8 Å². The molecule has 78 valence electrons. The lowest BCUT2D eigenvalue weighted by atomic mass is 10.5. The highest BCUT2D eigenvalue weighted by molar-refractivity contribution is 4.70. The smallest absolute Gasteiger partial charge is 0.349 e. The summed E-state index contributed by atoms with van der Waals surface area (Å²) in [6, 6.07) is 0. The zero-order chi connectivity index (χ0) is 10.1. The number of nitrogens with zero attached hydrogens (tertiary/aromatic N) is 2. The van der Waals surface area contributed by atoms with Crippen LogP contribution in [0.2, 0.25) is 0 Å². The van der Waals surface area contributed by atoms with Crippen LogP contribution in [0.1, 0.15) is 6.23 Å². The van der Waals surface area contributed by atoms with E-state index in [0.717, 1.165) is 9.25 Å². The fourth-order valence-corrected chi connectivity index (χ4v) is 1.29. The van der Waals surface area contributed by atoms with E-state index in [0.29, 0.717) is 13.2 Å². The van der Waals surface area contributed by atoms with Gasteiger partial charge in [0, 0.05) is 7.05 Å². The highest BCUT2D eigenvalue weighted by Crippen LogP contribution is 2.08. The van der Waals surface area contributed by atoms with Crippen molar-refractivity contribution in [1.29, 1.82) is 0 Å². The average Bonchev–Trinajstić information content (AvgIpc) is 2.47. The summed E-state index contributed by atoms with van der Waals surface area (Å²) < 4.78 is 12.5. The number of aromatic amines is 1. The maximum absolute atomic E-state index is 11.4. The minimum atomic E-state index is -0.523. The Hall–Kier alpha value is -1.34. The number of ether oxygens (including phenoxy) is 2. The molecule has 0 saturated carbocycles. The molecule has 2 rings (SSSR count). The molecule has 7 nitrogen and oxygen atoms in total. The lowest BCUT2D eigenvalue weighted by molar-refractivity contribution is -0.128. The maximum Gasteiger partial charge on any atom is 0.349 e. The van der Waals surface area contributed by atoms with Crippen molar-refractivity contribution >= 4 is 0 Å². The molecule has 2 heterocycles. The van der Waals surface area contributed by atoms with Gasteiger partial charge >= 0.3 is 11.4 Å². The molecule has 0 spiro atoms. The van der Waals surface area contributed by atoms with Gasteiger partial charge in [0.05, 0.1) is 19.8 Å². The fraction of sp³-hybridized carbons (Fsp3) is 0.714. The Morgan fingerprint density at radius 3 is 2.71 bits per heavy atom. The molecule has 1 fully saturated rings. The second-order valence-electron chi connectivity index (χ2n) is 3.03. The summed E-state index contributed by atoms with van der Waals surface area (Å²) in [5.74, 6) is 0. The Bertz CT molecular complexity index is 423. The molecule has 0 aliphatic carbocycles. The first kappa shape index (κ1) is 9.22. The Morgan fingerprint density at radius 1 is 1.43 bits per heavy atom. The van der Waals surface area contributed by atoms with E-state index in [1.807, 2.05) is 0 Å². The maximum atomic E-state index is 11.4. The van der Waals surface area contributed by atoms with Crippen molar-refractivity contribution in [3.8, 4) is 0 Å². The first-order valence-corrected chi connectivity index (χ1v) is 4.27. The topological polar surface area (TPSA) is 78.2 Å². The van der Waals surface area contributed by atoms with Crippen molar-refractivity contribution < 1.29 is 9.47 Å². The molecule has 1 aromatic rings. The molecule has 7 heteroatoms. The van der Waals surface area contributed by atoms with Crippen molar-refractivity contribution in [3.05, 3.63) is 21.0 Å². The van der Waals surface area contributed by atoms with Crippen LogP contribution in [-0.2, 0) is 16.5 Å². The number of aromatic nitrogens is 3. The average molecular weight is 201 g/mol. The largest absolute Gasteiger partial charge is 0.374 e. The molecule has 1 unspecified atom stereocenters. The lowest BCUT2D eigenvalue weighted by Crippen LogP contribution is -2.34. The monoisotopic (exact) mass is 201 g/mol. The minimum absolute atomic E-state index is 0.278. The van der Waals surface area contributed by atoms with Crippen LogP contribution < -0.4 is 11.4 Å². The van der Waals surface area contributed by atoms with E-state index in [1.165, 1.54) is 7.05 Å². The molecule has 1 aliphatic rings. The van der Waals surface area contributed by atoms with Gasteiger partial charge in [-0.3, -0.25) is 0 Å². The van der Waals surface area contributed by atoms with Gasteiger partial charge in [0.1, 0.15) is 0 Å². The van der Waals surface area contributed by atoms with Crippen LogP contribution in [0.3, 0.4) is 0 Å². The molecule has 0 radical (unpaired) electrons. The number of H-pyrrole nitrogens is 1. The molecule has 1 aliphatic heterocycles. The molecule has 1 saturated heterocycles. The van der Waals surface area contributed by atoms with Crippen molar-refractivity contribution in [2.24, 2.45) is 7.05 Å². The molecule has 14 heavy (non-hydrogen) atoms. The Kier molecular flexibility index (Phi) is 2.26. The van der Waals surface area contributed by atoms with Crippen LogP contribution in [-0.4, -0.2) is 34.2 Å². The highest BCUT2D eigenvalue weighted by Gasteiger charge is 2.20. The van der Waals surface area contributed by atoms with E-state index in [-0.39, 0.29) is 6.61 Å². The van der Waals surface area contributed by atoms with Gasteiger partial charge in [0.15, 0.2) is 6.23 Å². The van der Waals surface area contributed by atoms with Crippen LogP contribution in [0, 0.1) is 0 Å². The van der Waals surface area contributed by atoms with Gasteiger partial charge in [-0.05, 0) is 0 Å². The summed E-state index contributed by atoms with van der Waals surface area (Å²) >= 11 is 0. The van der Waals surface area contributed by atoms with Gasteiger partial charge < -0.3 is 9.47 Å². The summed E-state index contributed by atoms with van der Waals surface area (Å²) in [6.45, 7) is 1.22. The van der Waals surface area contributed by atoms with Crippen LogP contribution in [0.5, 0.6) is 0 Å². The summed E-state index contributed by atoms with van der Waals surface area (Å²) in [7, 11) is 1.40. The number of hydrogen-bond acceptors (Lipinski definition) is 4. The first-order chi connectivity index (χ1) is 6.70. The van der Waals surface area contributed by atoms with Crippen molar-refractivity contribution in [2.45, 2.75) is 6.23 Å². The van der Waals surface area contributed by atoms with Gasteiger partial charge in [-0.2, -0.15) is 0 Å². The summed E-state index contributed by atoms with van der Waals surface area (Å²) in [6.07, 6.45) is -0.523. The van der Waals surface area contributed by atoms with Gasteiger partial charge in [-0.15, -0.1) is 0 Å². The van der Waals surface area contributed by atoms with E-state index in [9.17, 15) is 9.59 Å². The Balaban J connectivity index is 2.36. The minimum Gasteiger partial charge on any atom is -0.374 e. The molecule has 0 amide bonds. The lowest BCUT2D eigenvalue weighted by Gasteiger charge is -2.22. The third-order valence-electron chi connectivity index (χ3n) is 2.10. The predicted molar refractivity (Wildman–Crippen MR) is 46.1 cm³/mol. The molecule has 0 aromatic carbocycles. The second kappa shape index (κ2) is 3.43. The zero-order valence-electron chi connectivity index (χ0n) is 7.73. The number of hydrogen-bond donors (Lipinski definition) is 1. The number of rotatable bonds is 1. The zero-order valence-corrected chi connectivity index (χ0v) is 7.73. The van der Waals surface area contributed by atoms with E-state index >= 15 is 0 Å². The normalized spacial score (nSPS) is 22.5. The SMILES string of the molecule is Cn1c(=O)[nH]n(C2COCCO2)c1=O. The summed E-state index contributed by atoms with van der Waals surface area (Å²) in [4.78, 5) is 22.5. The third-order valence-corrected chi connectivity index (χ3v) is 2.10. The molecule has 1 atom stereocenters. The number of nitrogens with one attached hydrogen (secondary N) is 1. The van der Waals surface area contributed by atoms with Crippen LogP contribution in [0.4, 0.5) is 0 Å². The van der Waals surface area contributed by atoms with E-state index in [1.54, 1.807) is 0 Å². The van der Waals surface area contributed by atoms with Crippen LogP contribution >= 0.6 is 0 Å². The predicted octanol–water partition coefficient (Wildman–Crippen LogP) is -1.58. The summed E-state index contributed by atoms with van der Waals surface area (Å²) in [5, 5.41) is 2.39. The molecule has 0 bridgehead atoms. The highest BCUT2D eigenvalue weighted by atomic mass is 16.6.